The van der Waals surface area contributed by atoms with E-state index in [1.54, 1.807) is 0 Å². The van der Waals surface area contributed by atoms with E-state index in [4.69, 9.17) is 0 Å². The third-order valence-electron chi connectivity index (χ3n) is 3.68. The summed E-state index contributed by atoms with van der Waals surface area (Å²) in [6, 6.07) is 17.8. The quantitative estimate of drug-likeness (QED) is 0.716. The Bertz CT molecular complexity index is 714. The summed E-state index contributed by atoms with van der Waals surface area (Å²) in [5.41, 5.74) is 2.71. The Morgan fingerprint density at radius 1 is 1.05 bits per heavy atom. The Labute approximate surface area is 124 Å². The van der Waals surface area contributed by atoms with Crippen molar-refractivity contribution in [1.29, 1.82) is 0 Å². The number of thiophene rings is 1. The summed E-state index contributed by atoms with van der Waals surface area (Å²) in [7, 11) is 0. The van der Waals surface area contributed by atoms with E-state index in [-0.39, 0.29) is 0 Å². The molecule has 3 aromatic rings. The van der Waals surface area contributed by atoms with Gasteiger partial charge in [-0.2, -0.15) is 0 Å². The lowest BCUT2D eigenvalue weighted by Gasteiger charge is -2.19. The van der Waals surface area contributed by atoms with Crippen molar-refractivity contribution in [1.82, 2.24) is 5.32 Å². The topological polar surface area (TPSA) is 12.0 Å². The van der Waals surface area contributed by atoms with Crippen LogP contribution in [0.15, 0.2) is 53.9 Å². The summed E-state index contributed by atoms with van der Waals surface area (Å²) in [6.45, 7) is 5.32. The SMILES string of the molecule is CCNC(c1ccc2ccccc2c1)c1sccc1C. The predicted molar refractivity (Wildman–Crippen MR) is 88.5 cm³/mol. The van der Waals surface area contributed by atoms with Gasteiger partial charge in [0.15, 0.2) is 0 Å². The summed E-state index contributed by atoms with van der Waals surface area (Å²) in [5, 5.41) is 8.40. The minimum atomic E-state index is 0.296. The molecule has 0 aliphatic heterocycles. The first-order chi connectivity index (χ1) is 9.79. The van der Waals surface area contributed by atoms with Crippen molar-refractivity contribution in [2.45, 2.75) is 19.9 Å². The molecule has 0 aliphatic carbocycles. The van der Waals surface area contributed by atoms with E-state index < -0.39 is 0 Å². The molecule has 0 fully saturated rings. The minimum Gasteiger partial charge on any atom is -0.306 e. The molecule has 0 aliphatic rings. The molecule has 102 valence electrons. The van der Waals surface area contributed by atoms with Crippen LogP contribution in [0.3, 0.4) is 0 Å². The van der Waals surface area contributed by atoms with E-state index in [0.717, 1.165) is 6.54 Å². The molecule has 0 saturated carbocycles. The highest BCUT2D eigenvalue weighted by Gasteiger charge is 2.16. The van der Waals surface area contributed by atoms with Gasteiger partial charge in [-0.15, -0.1) is 11.3 Å². The molecule has 1 unspecified atom stereocenters. The molecule has 0 bridgehead atoms. The first kappa shape index (κ1) is 13.3. The van der Waals surface area contributed by atoms with Crippen LogP contribution in [0.25, 0.3) is 10.8 Å². The summed E-state index contributed by atoms with van der Waals surface area (Å²) in [4.78, 5) is 1.42. The Balaban J connectivity index is 2.07. The molecule has 0 radical (unpaired) electrons. The van der Waals surface area contributed by atoms with Crippen molar-refractivity contribution >= 4 is 22.1 Å². The molecule has 2 heteroatoms. The van der Waals surface area contributed by atoms with Crippen LogP contribution in [0.1, 0.15) is 29.0 Å². The Morgan fingerprint density at radius 3 is 2.55 bits per heavy atom. The second kappa shape index (κ2) is 5.78. The molecule has 2 aromatic carbocycles. The molecule has 3 rings (SSSR count). The fourth-order valence-corrected chi connectivity index (χ4v) is 3.66. The van der Waals surface area contributed by atoms with Gasteiger partial charge in [0, 0.05) is 4.88 Å². The highest BCUT2D eigenvalue weighted by atomic mass is 32.1. The van der Waals surface area contributed by atoms with E-state index >= 15 is 0 Å². The van der Waals surface area contributed by atoms with Crippen LogP contribution >= 0.6 is 11.3 Å². The number of fused-ring (bicyclic) bond motifs is 1. The fraction of sp³-hybridized carbons (Fsp3) is 0.222. The van der Waals surface area contributed by atoms with E-state index in [0.29, 0.717) is 6.04 Å². The molecule has 1 atom stereocenters. The molecule has 0 spiro atoms. The van der Waals surface area contributed by atoms with Crippen LogP contribution in [0.4, 0.5) is 0 Å². The van der Waals surface area contributed by atoms with E-state index in [1.165, 1.54) is 26.8 Å². The van der Waals surface area contributed by atoms with Crippen molar-refractivity contribution in [2.75, 3.05) is 6.54 Å². The van der Waals surface area contributed by atoms with Gasteiger partial charge in [-0.25, -0.2) is 0 Å². The van der Waals surface area contributed by atoms with E-state index in [2.05, 4.69) is 73.1 Å². The molecule has 1 aromatic heterocycles. The van der Waals surface area contributed by atoms with Crippen LogP contribution in [0, 0.1) is 6.92 Å². The number of aryl methyl sites for hydroxylation is 1. The first-order valence-electron chi connectivity index (χ1n) is 7.05. The van der Waals surface area contributed by atoms with Crippen molar-refractivity contribution in [3.63, 3.8) is 0 Å². The highest BCUT2D eigenvalue weighted by Crippen LogP contribution is 2.31. The van der Waals surface area contributed by atoms with E-state index in [1.807, 2.05) is 11.3 Å². The third kappa shape index (κ3) is 2.49. The monoisotopic (exact) mass is 281 g/mol. The normalized spacial score (nSPS) is 12.7. The maximum Gasteiger partial charge on any atom is 0.0673 e. The smallest absolute Gasteiger partial charge is 0.0673 e. The zero-order valence-electron chi connectivity index (χ0n) is 11.9. The summed E-state index contributed by atoms with van der Waals surface area (Å²) < 4.78 is 0. The van der Waals surface area contributed by atoms with Crippen molar-refractivity contribution in [3.8, 4) is 0 Å². The molecule has 1 nitrogen and oxygen atoms in total. The standard InChI is InChI=1S/C18H19NS/c1-3-19-17(18-13(2)10-11-20-18)16-9-8-14-6-4-5-7-15(14)12-16/h4-12,17,19H,3H2,1-2H3. The summed E-state index contributed by atoms with van der Waals surface area (Å²) in [6.07, 6.45) is 0. The number of hydrogen-bond acceptors (Lipinski definition) is 2. The third-order valence-corrected chi connectivity index (χ3v) is 4.76. The van der Waals surface area contributed by atoms with Gasteiger partial charge in [0.05, 0.1) is 6.04 Å². The molecule has 0 amide bonds. The van der Waals surface area contributed by atoms with Gasteiger partial charge >= 0.3 is 0 Å². The minimum absolute atomic E-state index is 0.296. The average molecular weight is 281 g/mol. The molecular formula is C18H19NS. The molecule has 1 heterocycles. The predicted octanol–water partition coefficient (Wildman–Crippen LogP) is 4.91. The Kier molecular flexibility index (Phi) is 3.86. The van der Waals surface area contributed by atoms with Crippen molar-refractivity contribution in [2.24, 2.45) is 0 Å². The highest BCUT2D eigenvalue weighted by molar-refractivity contribution is 7.10. The molecular weight excluding hydrogens is 262 g/mol. The zero-order chi connectivity index (χ0) is 13.9. The van der Waals surface area contributed by atoms with Crippen LogP contribution in [0.2, 0.25) is 0 Å². The lowest BCUT2D eigenvalue weighted by molar-refractivity contribution is 0.638. The van der Waals surface area contributed by atoms with Gasteiger partial charge in [-0.05, 0) is 52.9 Å². The maximum atomic E-state index is 3.62. The van der Waals surface area contributed by atoms with E-state index in [9.17, 15) is 0 Å². The zero-order valence-corrected chi connectivity index (χ0v) is 12.7. The Hall–Kier alpha value is -1.64. The number of hydrogen-bond donors (Lipinski definition) is 1. The van der Waals surface area contributed by atoms with Crippen LogP contribution in [-0.4, -0.2) is 6.54 Å². The van der Waals surface area contributed by atoms with Gasteiger partial charge in [-0.1, -0.05) is 43.3 Å². The Morgan fingerprint density at radius 2 is 1.85 bits per heavy atom. The number of nitrogens with one attached hydrogen (secondary N) is 1. The summed E-state index contributed by atoms with van der Waals surface area (Å²) in [5.74, 6) is 0. The van der Waals surface area contributed by atoms with Gasteiger partial charge in [0.2, 0.25) is 0 Å². The lowest BCUT2D eigenvalue weighted by Crippen LogP contribution is -2.21. The van der Waals surface area contributed by atoms with Gasteiger partial charge in [0.25, 0.3) is 0 Å². The largest absolute Gasteiger partial charge is 0.306 e. The average Bonchev–Trinajstić information content (AvgIpc) is 2.90. The van der Waals surface area contributed by atoms with Crippen molar-refractivity contribution in [3.05, 3.63) is 69.9 Å². The van der Waals surface area contributed by atoms with Crippen LogP contribution in [0.5, 0.6) is 0 Å². The van der Waals surface area contributed by atoms with Crippen LogP contribution in [-0.2, 0) is 0 Å². The van der Waals surface area contributed by atoms with Gasteiger partial charge in [-0.3, -0.25) is 0 Å². The van der Waals surface area contributed by atoms with Crippen molar-refractivity contribution < 1.29 is 0 Å². The second-order valence-corrected chi connectivity index (χ2v) is 6.01. The first-order valence-corrected chi connectivity index (χ1v) is 7.93. The fourth-order valence-electron chi connectivity index (χ4n) is 2.63. The lowest BCUT2D eigenvalue weighted by atomic mass is 9.99. The summed E-state index contributed by atoms with van der Waals surface area (Å²) >= 11 is 1.84. The van der Waals surface area contributed by atoms with Crippen LogP contribution < -0.4 is 5.32 Å². The molecule has 1 N–H and O–H groups in total. The molecule has 0 saturated heterocycles. The maximum absolute atomic E-state index is 3.62. The number of rotatable bonds is 4. The second-order valence-electron chi connectivity index (χ2n) is 5.07. The van der Waals surface area contributed by atoms with Gasteiger partial charge < -0.3 is 5.32 Å². The number of benzene rings is 2. The molecule has 20 heavy (non-hydrogen) atoms. The van der Waals surface area contributed by atoms with Gasteiger partial charge in [0.1, 0.15) is 0 Å².